The molecular weight excluding hydrogens is 271 g/mol. The summed E-state index contributed by atoms with van der Waals surface area (Å²) >= 11 is 3.27. The highest BCUT2D eigenvalue weighted by Gasteiger charge is 2.23. The van der Waals surface area contributed by atoms with Crippen LogP contribution in [0.2, 0.25) is 0 Å². The molecule has 0 bridgehead atoms. The Balaban J connectivity index is 2.06. The maximum atomic E-state index is 13.7. The summed E-state index contributed by atoms with van der Waals surface area (Å²) in [4.78, 5) is 2.31. The van der Waals surface area contributed by atoms with E-state index in [0.29, 0.717) is 12.6 Å². The number of halogens is 2. The maximum Gasteiger partial charge on any atom is 0.128 e. The molecule has 0 unspecified atom stereocenters. The van der Waals surface area contributed by atoms with E-state index in [2.05, 4.69) is 33.1 Å². The van der Waals surface area contributed by atoms with E-state index in [1.807, 2.05) is 12.1 Å². The Morgan fingerprint density at radius 3 is 2.75 bits per heavy atom. The van der Waals surface area contributed by atoms with Gasteiger partial charge in [0.25, 0.3) is 0 Å². The Kier molecular flexibility index (Phi) is 3.95. The monoisotopic (exact) mass is 286 g/mol. The van der Waals surface area contributed by atoms with Gasteiger partial charge in [0.2, 0.25) is 0 Å². The summed E-state index contributed by atoms with van der Waals surface area (Å²) in [7, 11) is 0. The van der Waals surface area contributed by atoms with Crippen LogP contribution in [0.15, 0.2) is 22.7 Å². The predicted octanol–water partition coefficient (Wildman–Crippen LogP) is 2.38. The molecule has 1 aromatic rings. The van der Waals surface area contributed by atoms with Gasteiger partial charge < -0.3 is 5.32 Å². The molecule has 2 nitrogen and oxygen atoms in total. The van der Waals surface area contributed by atoms with E-state index in [1.165, 1.54) is 6.07 Å². The maximum absolute atomic E-state index is 13.7. The van der Waals surface area contributed by atoms with Crippen LogP contribution in [0.5, 0.6) is 0 Å². The van der Waals surface area contributed by atoms with Gasteiger partial charge in [-0.2, -0.15) is 0 Å². The van der Waals surface area contributed by atoms with E-state index in [9.17, 15) is 4.39 Å². The van der Waals surface area contributed by atoms with Gasteiger partial charge in [-0.25, -0.2) is 4.39 Å². The summed E-state index contributed by atoms with van der Waals surface area (Å²) in [6.07, 6.45) is 0. The third kappa shape index (κ3) is 2.62. The summed E-state index contributed by atoms with van der Waals surface area (Å²) in [5.74, 6) is -0.125. The van der Waals surface area contributed by atoms with Crippen molar-refractivity contribution in [1.82, 2.24) is 10.2 Å². The first-order valence-corrected chi connectivity index (χ1v) is 6.38. The molecule has 0 aliphatic carbocycles. The fourth-order valence-electron chi connectivity index (χ4n) is 1.90. The molecule has 1 aliphatic heterocycles. The molecule has 0 amide bonds. The van der Waals surface area contributed by atoms with Crippen LogP contribution in [0.1, 0.15) is 12.5 Å². The highest BCUT2D eigenvalue weighted by Crippen LogP contribution is 2.18. The second-order valence-corrected chi connectivity index (χ2v) is 5.03. The van der Waals surface area contributed by atoms with Crippen LogP contribution in [-0.4, -0.2) is 30.6 Å². The molecule has 1 aliphatic rings. The summed E-state index contributed by atoms with van der Waals surface area (Å²) in [5, 5.41) is 3.24. The van der Waals surface area contributed by atoms with E-state index in [0.717, 1.165) is 29.7 Å². The first-order chi connectivity index (χ1) is 7.70. The van der Waals surface area contributed by atoms with Gasteiger partial charge in [0, 0.05) is 35.7 Å². The number of rotatable bonds is 4. The third-order valence-electron chi connectivity index (χ3n) is 3.07. The van der Waals surface area contributed by atoms with Crippen LogP contribution in [0.25, 0.3) is 0 Å². The summed E-state index contributed by atoms with van der Waals surface area (Å²) in [6.45, 7) is 5.82. The zero-order chi connectivity index (χ0) is 11.5. The number of nitrogens with one attached hydrogen (secondary N) is 1. The van der Waals surface area contributed by atoms with Gasteiger partial charge in [-0.15, -0.1) is 0 Å². The summed E-state index contributed by atoms with van der Waals surface area (Å²) in [6, 6.07) is 5.84. The van der Waals surface area contributed by atoms with Crippen LogP contribution in [0, 0.1) is 5.82 Å². The van der Waals surface area contributed by atoms with Crippen LogP contribution in [-0.2, 0) is 6.54 Å². The molecule has 1 fully saturated rings. The van der Waals surface area contributed by atoms with Gasteiger partial charge in [0.1, 0.15) is 5.82 Å². The van der Waals surface area contributed by atoms with E-state index in [1.54, 1.807) is 0 Å². The molecule has 88 valence electrons. The van der Waals surface area contributed by atoms with Crippen molar-refractivity contribution < 1.29 is 4.39 Å². The van der Waals surface area contributed by atoms with Gasteiger partial charge in [0.05, 0.1) is 0 Å². The van der Waals surface area contributed by atoms with Crippen LogP contribution in [0.3, 0.4) is 0 Å². The molecule has 1 aromatic carbocycles. The van der Waals surface area contributed by atoms with E-state index >= 15 is 0 Å². The number of hydrogen-bond acceptors (Lipinski definition) is 2. The molecule has 16 heavy (non-hydrogen) atoms. The van der Waals surface area contributed by atoms with Crippen molar-refractivity contribution >= 4 is 15.9 Å². The second kappa shape index (κ2) is 5.25. The zero-order valence-corrected chi connectivity index (χ0v) is 10.9. The number of nitrogens with zero attached hydrogens (tertiary/aromatic N) is 1. The van der Waals surface area contributed by atoms with Gasteiger partial charge in [-0.05, 0) is 18.7 Å². The molecule has 0 saturated carbocycles. The van der Waals surface area contributed by atoms with Crippen LogP contribution in [0.4, 0.5) is 4.39 Å². The Labute approximate surface area is 104 Å². The SMILES string of the molecule is CCN(Cc1ccc(Br)cc1F)C1CNC1. The summed E-state index contributed by atoms with van der Waals surface area (Å²) in [5.41, 5.74) is 0.775. The quantitative estimate of drug-likeness (QED) is 0.914. The van der Waals surface area contributed by atoms with E-state index in [4.69, 9.17) is 0 Å². The van der Waals surface area contributed by atoms with Crippen molar-refractivity contribution in [3.05, 3.63) is 34.1 Å². The van der Waals surface area contributed by atoms with E-state index < -0.39 is 0 Å². The molecule has 0 radical (unpaired) electrons. The van der Waals surface area contributed by atoms with Crippen molar-refractivity contribution in [2.24, 2.45) is 0 Å². The van der Waals surface area contributed by atoms with Gasteiger partial charge >= 0.3 is 0 Å². The average molecular weight is 287 g/mol. The minimum Gasteiger partial charge on any atom is -0.314 e. The van der Waals surface area contributed by atoms with Gasteiger partial charge in [-0.1, -0.05) is 28.9 Å². The number of likely N-dealkylation sites (N-methyl/N-ethyl adjacent to an activating group) is 1. The fourth-order valence-corrected chi connectivity index (χ4v) is 2.23. The first-order valence-electron chi connectivity index (χ1n) is 5.59. The zero-order valence-electron chi connectivity index (χ0n) is 9.34. The van der Waals surface area contributed by atoms with Crippen LogP contribution < -0.4 is 5.32 Å². The average Bonchev–Trinajstić information content (AvgIpc) is 2.18. The fraction of sp³-hybridized carbons (Fsp3) is 0.500. The minimum atomic E-state index is -0.125. The molecule has 0 spiro atoms. The minimum absolute atomic E-state index is 0.125. The lowest BCUT2D eigenvalue weighted by Gasteiger charge is -2.37. The highest BCUT2D eigenvalue weighted by molar-refractivity contribution is 9.10. The Morgan fingerprint density at radius 1 is 1.50 bits per heavy atom. The van der Waals surface area contributed by atoms with Crippen molar-refractivity contribution in [1.29, 1.82) is 0 Å². The number of benzene rings is 1. The lowest BCUT2D eigenvalue weighted by atomic mass is 10.1. The van der Waals surface area contributed by atoms with Gasteiger partial charge in [0.15, 0.2) is 0 Å². The Bertz CT molecular complexity index is 366. The van der Waals surface area contributed by atoms with Crippen molar-refractivity contribution in [3.63, 3.8) is 0 Å². The van der Waals surface area contributed by atoms with Crippen LogP contribution >= 0.6 is 15.9 Å². The van der Waals surface area contributed by atoms with Gasteiger partial charge in [-0.3, -0.25) is 4.90 Å². The summed E-state index contributed by atoms with van der Waals surface area (Å²) < 4.78 is 14.5. The first kappa shape index (κ1) is 12.0. The van der Waals surface area contributed by atoms with Crippen molar-refractivity contribution in [3.8, 4) is 0 Å². The normalized spacial score (nSPS) is 16.5. The molecule has 0 atom stereocenters. The third-order valence-corrected chi connectivity index (χ3v) is 3.56. The largest absolute Gasteiger partial charge is 0.314 e. The Hall–Kier alpha value is -0.450. The highest BCUT2D eigenvalue weighted by atomic mass is 79.9. The molecule has 1 heterocycles. The predicted molar refractivity (Wildman–Crippen MR) is 66.8 cm³/mol. The van der Waals surface area contributed by atoms with Crippen molar-refractivity contribution in [2.75, 3.05) is 19.6 Å². The standard InChI is InChI=1S/C12H16BrFN2/c1-2-16(11-6-15-7-11)8-9-3-4-10(13)5-12(9)14/h3-5,11,15H,2,6-8H2,1H3. The topological polar surface area (TPSA) is 15.3 Å². The van der Waals surface area contributed by atoms with E-state index in [-0.39, 0.29) is 5.82 Å². The second-order valence-electron chi connectivity index (χ2n) is 4.11. The molecule has 4 heteroatoms. The lowest BCUT2D eigenvalue weighted by molar-refractivity contribution is 0.143. The molecular formula is C12H16BrFN2. The Morgan fingerprint density at radius 2 is 2.25 bits per heavy atom. The molecule has 1 N–H and O–H groups in total. The van der Waals surface area contributed by atoms with Crippen molar-refractivity contribution in [2.45, 2.75) is 19.5 Å². The number of hydrogen-bond donors (Lipinski definition) is 1. The molecule has 1 saturated heterocycles. The smallest absolute Gasteiger partial charge is 0.128 e. The lowest BCUT2D eigenvalue weighted by Crippen LogP contribution is -2.56. The molecule has 0 aromatic heterocycles. The molecule has 2 rings (SSSR count).